The molecule has 228 valence electrons. The van der Waals surface area contributed by atoms with Gasteiger partial charge in [-0.05, 0) is 66.6 Å². The van der Waals surface area contributed by atoms with Crippen molar-refractivity contribution in [3.8, 4) is 11.1 Å². The number of nitrogens with zero attached hydrogens (tertiary/aromatic N) is 1. The van der Waals surface area contributed by atoms with Crippen LogP contribution in [0.4, 0.5) is 0 Å². The molecule has 8 heteroatoms. The van der Waals surface area contributed by atoms with Gasteiger partial charge in [0.15, 0.2) is 18.7 Å². The fourth-order valence-electron chi connectivity index (χ4n) is 7.29. The first kappa shape index (κ1) is 30.8. The highest BCUT2D eigenvalue weighted by Crippen LogP contribution is 2.53. The van der Waals surface area contributed by atoms with Crippen LogP contribution >= 0.6 is 23.2 Å². The van der Waals surface area contributed by atoms with Gasteiger partial charge in [0, 0.05) is 32.5 Å². The van der Waals surface area contributed by atoms with Crippen molar-refractivity contribution in [2.24, 2.45) is 11.3 Å². The summed E-state index contributed by atoms with van der Waals surface area (Å²) in [5.74, 6) is 1.38. The van der Waals surface area contributed by atoms with Gasteiger partial charge in [0.25, 0.3) is 10.1 Å². The van der Waals surface area contributed by atoms with E-state index in [-0.39, 0.29) is 28.3 Å². The molecule has 0 amide bonds. The molecule has 0 spiro atoms. The molecule has 0 fully saturated rings. The summed E-state index contributed by atoms with van der Waals surface area (Å²) in [7, 11) is -4.38. The first-order chi connectivity index (χ1) is 20.9. The van der Waals surface area contributed by atoms with Crippen LogP contribution in [-0.4, -0.2) is 36.1 Å². The van der Waals surface area contributed by atoms with E-state index in [4.69, 9.17) is 27.9 Å². The minimum absolute atomic E-state index is 0.0152. The topological polar surface area (TPSA) is 66.6 Å². The Morgan fingerprint density at radius 1 is 1.07 bits per heavy atom. The van der Waals surface area contributed by atoms with Gasteiger partial charge in [-0.3, -0.25) is 4.55 Å². The average molecular weight is 650 g/mol. The van der Waals surface area contributed by atoms with E-state index < -0.39 is 10.1 Å². The summed E-state index contributed by atoms with van der Waals surface area (Å²) in [4.78, 5) is -0.118. The summed E-state index contributed by atoms with van der Waals surface area (Å²) >= 11 is 13.4. The van der Waals surface area contributed by atoms with Gasteiger partial charge in [-0.1, -0.05) is 91.7 Å². The molecule has 2 heterocycles. The number of benzene rings is 4. The molecule has 2 aliphatic rings. The molecule has 4 atom stereocenters. The van der Waals surface area contributed by atoms with Crippen LogP contribution < -0.4 is 0 Å². The molecule has 0 saturated heterocycles. The Morgan fingerprint density at radius 2 is 1.80 bits per heavy atom. The van der Waals surface area contributed by atoms with Gasteiger partial charge < -0.3 is 4.74 Å². The quantitative estimate of drug-likeness (QED) is 0.123. The van der Waals surface area contributed by atoms with Gasteiger partial charge in [0.05, 0.1) is 11.3 Å². The fraction of sp³-hybridized carbons (Fsp3) is 0.306. The Hall–Kier alpha value is -3.16. The number of hydrogen-bond donors (Lipinski definition) is 1. The van der Waals surface area contributed by atoms with Gasteiger partial charge in [-0.25, -0.2) is 0 Å². The first-order valence-electron chi connectivity index (χ1n) is 14.9. The van der Waals surface area contributed by atoms with Crippen LogP contribution in [0.2, 0.25) is 10.0 Å². The van der Waals surface area contributed by atoms with Gasteiger partial charge >= 0.3 is 5.90 Å². The third-order valence-electron chi connectivity index (χ3n) is 9.28. The number of hydrogen-bond acceptors (Lipinski definition) is 3. The largest absolute Gasteiger partial charge is 0.441 e. The molecule has 5 nitrogen and oxygen atoms in total. The van der Waals surface area contributed by atoms with Crippen LogP contribution in [0.3, 0.4) is 0 Å². The number of rotatable bonds is 7. The van der Waals surface area contributed by atoms with Gasteiger partial charge in [-0.2, -0.15) is 13.0 Å². The monoisotopic (exact) mass is 648 g/mol. The number of allylic oxidation sites excluding steroid dienone is 1. The third kappa shape index (κ3) is 5.36. The zero-order chi connectivity index (χ0) is 31.4. The van der Waals surface area contributed by atoms with E-state index in [0.717, 1.165) is 41.0 Å². The summed E-state index contributed by atoms with van der Waals surface area (Å²) in [6, 6.07) is 24.8. The van der Waals surface area contributed by atoms with E-state index >= 15 is 0 Å². The van der Waals surface area contributed by atoms with Crippen molar-refractivity contribution in [3.63, 3.8) is 0 Å². The van der Waals surface area contributed by atoms with E-state index in [0.29, 0.717) is 33.3 Å². The number of fused-ring (bicyclic) bond motifs is 1. The molecule has 0 saturated carbocycles. The summed E-state index contributed by atoms with van der Waals surface area (Å²) in [6.07, 6.45) is 3.54. The first-order valence-corrected chi connectivity index (χ1v) is 17.1. The van der Waals surface area contributed by atoms with Crippen LogP contribution in [0.25, 0.3) is 21.9 Å². The normalized spacial score (nSPS) is 23.6. The molecule has 1 N–H and O–H groups in total. The summed E-state index contributed by atoms with van der Waals surface area (Å²) in [5, 5.41) is 2.45. The molecule has 4 unspecified atom stereocenters. The molecule has 0 bridgehead atoms. The van der Waals surface area contributed by atoms with Crippen LogP contribution in [0.15, 0.2) is 96.4 Å². The Bertz CT molecular complexity index is 1900. The minimum Gasteiger partial charge on any atom is -0.441 e. The van der Waals surface area contributed by atoms with Crippen molar-refractivity contribution >= 4 is 50.0 Å². The van der Waals surface area contributed by atoms with E-state index in [9.17, 15) is 13.0 Å². The molecule has 0 aliphatic carbocycles. The van der Waals surface area contributed by atoms with Crippen LogP contribution in [-0.2, 0) is 14.9 Å². The number of ether oxygens (including phenoxy) is 1. The Kier molecular flexibility index (Phi) is 8.16. The van der Waals surface area contributed by atoms with Gasteiger partial charge in [0.2, 0.25) is 0 Å². The lowest BCUT2D eigenvalue weighted by Crippen LogP contribution is -2.46. The molecular formula is C36H36Cl2NO4S+. The molecule has 6 rings (SSSR count). The van der Waals surface area contributed by atoms with E-state index in [2.05, 4.69) is 50.1 Å². The van der Waals surface area contributed by atoms with Crippen LogP contribution in [0, 0.1) is 11.3 Å². The molecule has 0 aromatic heterocycles. The maximum Gasteiger partial charge on any atom is 0.343 e. The van der Waals surface area contributed by atoms with Crippen molar-refractivity contribution in [1.82, 2.24) is 0 Å². The maximum absolute atomic E-state index is 12.1. The van der Waals surface area contributed by atoms with Crippen LogP contribution in [0.5, 0.6) is 0 Å². The molecule has 2 aliphatic heterocycles. The Morgan fingerprint density at radius 3 is 2.48 bits per heavy atom. The fourth-order valence-corrected chi connectivity index (χ4v) is 8.42. The predicted molar refractivity (Wildman–Crippen MR) is 179 cm³/mol. The number of halogens is 2. The highest BCUT2D eigenvalue weighted by Gasteiger charge is 2.57. The average Bonchev–Trinajstić information content (AvgIpc) is 3.43. The second-order valence-corrected chi connectivity index (χ2v) is 14.8. The lowest BCUT2D eigenvalue weighted by atomic mass is 9.68. The second kappa shape index (κ2) is 11.6. The zero-order valence-electron chi connectivity index (χ0n) is 25.0. The van der Waals surface area contributed by atoms with E-state index in [1.54, 1.807) is 12.1 Å². The molecule has 4 aromatic rings. The Labute approximate surface area is 269 Å². The Balaban J connectivity index is 1.60. The molecule has 44 heavy (non-hydrogen) atoms. The van der Waals surface area contributed by atoms with Gasteiger partial charge in [-0.15, -0.1) is 6.58 Å². The molecular weight excluding hydrogens is 613 g/mol. The lowest BCUT2D eigenvalue weighted by molar-refractivity contribution is -0.616. The molecule has 4 aromatic carbocycles. The minimum atomic E-state index is -4.38. The SMILES string of the molecule is C=CCC1(C)CC(c2cccc(Cl)c2-c2ccc3c(S(=O)(=O)O)cccc3c2)C(c2ccc(Cl)cc2)[N+]2=C1OCC2C(C)C. The zero-order valence-corrected chi connectivity index (χ0v) is 27.3. The van der Waals surface area contributed by atoms with E-state index in [1.165, 1.54) is 6.07 Å². The van der Waals surface area contributed by atoms with Crippen LogP contribution in [0.1, 0.15) is 56.7 Å². The van der Waals surface area contributed by atoms with Crippen molar-refractivity contribution in [1.29, 1.82) is 0 Å². The lowest BCUT2D eigenvalue weighted by Gasteiger charge is -2.39. The molecule has 0 radical (unpaired) electrons. The summed E-state index contributed by atoms with van der Waals surface area (Å²) in [6.45, 7) is 11.5. The smallest absolute Gasteiger partial charge is 0.343 e. The summed E-state index contributed by atoms with van der Waals surface area (Å²) < 4.78 is 43.1. The van der Waals surface area contributed by atoms with E-state index in [1.807, 2.05) is 48.5 Å². The predicted octanol–water partition coefficient (Wildman–Crippen LogP) is 9.34. The summed E-state index contributed by atoms with van der Waals surface area (Å²) in [5.41, 5.74) is 3.75. The van der Waals surface area contributed by atoms with Crippen molar-refractivity contribution in [2.75, 3.05) is 6.61 Å². The van der Waals surface area contributed by atoms with Crippen molar-refractivity contribution < 1.29 is 22.3 Å². The second-order valence-electron chi connectivity index (χ2n) is 12.6. The highest BCUT2D eigenvalue weighted by molar-refractivity contribution is 7.86. The highest BCUT2D eigenvalue weighted by atomic mass is 35.5. The van der Waals surface area contributed by atoms with Crippen molar-refractivity contribution in [2.45, 2.75) is 56.5 Å². The van der Waals surface area contributed by atoms with Crippen molar-refractivity contribution in [3.05, 3.63) is 113 Å². The maximum atomic E-state index is 12.1. The third-order valence-corrected chi connectivity index (χ3v) is 10.8. The standard InChI is InChI=1S/C36H35Cl2NO4S/c1-5-18-36(4)20-29(34(23-12-15-26(37)16-13-23)39-31(22(2)3)21-43-35(36)39)28-9-7-10-30(38)33(28)25-14-17-27-24(19-25)8-6-11-32(27)44(40,41)42/h5-17,19,22,29,31,34H,1,18,20-21H2,2-4H3/p+1. The van der Waals surface area contributed by atoms with Gasteiger partial charge in [0.1, 0.15) is 4.90 Å².